The van der Waals surface area contributed by atoms with Crippen molar-refractivity contribution in [3.63, 3.8) is 0 Å². The van der Waals surface area contributed by atoms with E-state index < -0.39 is 0 Å². The molecule has 130 valence electrons. The second-order valence-corrected chi connectivity index (χ2v) is 6.75. The summed E-state index contributed by atoms with van der Waals surface area (Å²) in [4.78, 5) is 28.1. The minimum Gasteiger partial charge on any atom is -0.395 e. The molecule has 1 aromatic carbocycles. The first-order valence-electron chi connectivity index (χ1n) is 8.58. The number of nitrogens with zero attached hydrogens (tertiary/aromatic N) is 2. The number of carbonyl (C=O) groups is 2. The molecule has 6 heteroatoms. The van der Waals surface area contributed by atoms with Crippen LogP contribution in [0.2, 0.25) is 0 Å². The highest BCUT2D eigenvalue weighted by atomic mass is 16.3. The number of aliphatic hydroxyl groups is 1. The maximum atomic E-state index is 12.3. The van der Waals surface area contributed by atoms with Crippen molar-refractivity contribution in [3.05, 3.63) is 29.8 Å². The maximum Gasteiger partial charge on any atom is 0.251 e. The molecule has 0 aromatic heterocycles. The zero-order valence-electron chi connectivity index (χ0n) is 14.1. The van der Waals surface area contributed by atoms with Gasteiger partial charge in [-0.25, -0.2) is 0 Å². The monoisotopic (exact) mass is 331 g/mol. The van der Waals surface area contributed by atoms with Gasteiger partial charge in [0, 0.05) is 56.3 Å². The number of anilines is 1. The predicted octanol–water partition coefficient (Wildman–Crippen LogP) is 0.856. The molecule has 0 radical (unpaired) electrons. The highest BCUT2D eigenvalue weighted by Crippen LogP contribution is 2.32. The van der Waals surface area contributed by atoms with E-state index in [9.17, 15) is 9.59 Å². The third-order valence-corrected chi connectivity index (χ3v) is 4.78. The fourth-order valence-electron chi connectivity index (χ4n) is 3.17. The topological polar surface area (TPSA) is 72.9 Å². The third kappa shape index (κ3) is 3.87. The van der Waals surface area contributed by atoms with E-state index in [2.05, 4.69) is 5.32 Å². The molecule has 1 heterocycles. The van der Waals surface area contributed by atoms with Crippen molar-refractivity contribution in [2.75, 3.05) is 38.2 Å². The van der Waals surface area contributed by atoms with E-state index in [1.54, 1.807) is 12.1 Å². The molecule has 3 rings (SSSR count). The van der Waals surface area contributed by atoms with Gasteiger partial charge in [-0.1, -0.05) is 0 Å². The molecular formula is C18H25N3O3. The van der Waals surface area contributed by atoms with Crippen molar-refractivity contribution in [2.24, 2.45) is 5.92 Å². The Balaban J connectivity index is 1.49. The Morgan fingerprint density at radius 2 is 2.04 bits per heavy atom. The van der Waals surface area contributed by atoms with Gasteiger partial charge in [0.15, 0.2) is 0 Å². The van der Waals surface area contributed by atoms with Gasteiger partial charge in [0.25, 0.3) is 5.91 Å². The molecule has 1 saturated carbocycles. The van der Waals surface area contributed by atoms with E-state index in [0.717, 1.165) is 25.1 Å². The number of amides is 2. The molecule has 2 aliphatic rings. The molecule has 1 aromatic rings. The second kappa shape index (κ2) is 7.21. The van der Waals surface area contributed by atoms with Crippen molar-refractivity contribution < 1.29 is 14.7 Å². The molecule has 1 saturated heterocycles. The first-order valence-corrected chi connectivity index (χ1v) is 8.58. The van der Waals surface area contributed by atoms with E-state index >= 15 is 0 Å². The van der Waals surface area contributed by atoms with E-state index in [-0.39, 0.29) is 24.3 Å². The van der Waals surface area contributed by atoms with Crippen molar-refractivity contribution >= 4 is 17.5 Å². The number of rotatable bonds is 7. The number of likely N-dealkylation sites (tertiary alicyclic amines) is 1. The molecule has 0 spiro atoms. The van der Waals surface area contributed by atoms with Crippen LogP contribution in [0.1, 0.15) is 29.6 Å². The van der Waals surface area contributed by atoms with E-state index in [4.69, 9.17) is 5.11 Å². The zero-order valence-corrected chi connectivity index (χ0v) is 14.1. The minimum atomic E-state index is -0.108. The fraction of sp³-hybridized carbons (Fsp3) is 0.556. The number of hydrogen-bond donors (Lipinski definition) is 2. The predicted molar refractivity (Wildman–Crippen MR) is 92.0 cm³/mol. The summed E-state index contributed by atoms with van der Waals surface area (Å²) in [6, 6.07) is 7.78. The summed E-state index contributed by atoms with van der Waals surface area (Å²) in [6.45, 7) is 1.96. The Bertz CT molecular complexity index is 598. The molecule has 24 heavy (non-hydrogen) atoms. The number of nitrogens with one attached hydrogen (secondary N) is 1. The van der Waals surface area contributed by atoms with Gasteiger partial charge in [-0.3, -0.25) is 9.59 Å². The van der Waals surface area contributed by atoms with Gasteiger partial charge in [-0.15, -0.1) is 0 Å². The van der Waals surface area contributed by atoms with Crippen LogP contribution in [-0.4, -0.2) is 61.2 Å². The lowest BCUT2D eigenvalue weighted by Gasteiger charge is -2.18. The Morgan fingerprint density at radius 1 is 1.33 bits per heavy atom. The molecular weight excluding hydrogens is 306 g/mol. The molecule has 0 bridgehead atoms. The number of hydrogen-bond acceptors (Lipinski definition) is 4. The van der Waals surface area contributed by atoms with Crippen LogP contribution in [0.15, 0.2) is 24.3 Å². The first-order chi connectivity index (χ1) is 11.6. The van der Waals surface area contributed by atoms with Crippen molar-refractivity contribution in [1.29, 1.82) is 0 Å². The summed E-state index contributed by atoms with van der Waals surface area (Å²) in [5.74, 6) is 0.341. The van der Waals surface area contributed by atoms with Crippen LogP contribution in [0.25, 0.3) is 0 Å². The lowest BCUT2D eigenvalue weighted by molar-refractivity contribution is -0.128. The lowest BCUT2D eigenvalue weighted by Crippen LogP contribution is -2.32. The molecule has 2 N–H and O–H groups in total. The van der Waals surface area contributed by atoms with Crippen LogP contribution >= 0.6 is 0 Å². The maximum absolute atomic E-state index is 12.3. The average Bonchev–Trinajstić information content (AvgIpc) is 3.36. The Hall–Kier alpha value is -2.08. The van der Waals surface area contributed by atoms with Crippen molar-refractivity contribution in [3.8, 4) is 0 Å². The Morgan fingerprint density at radius 3 is 2.67 bits per heavy atom. The first kappa shape index (κ1) is 16.8. The Kier molecular flexibility index (Phi) is 5.04. The fourth-order valence-corrected chi connectivity index (χ4v) is 3.17. The highest BCUT2D eigenvalue weighted by molar-refractivity contribution is 5.94. The number of carbonyl (C=O) groups excluding carboxylic acids is 2. The molecule has 2 amide bonds. The second-order valence-electron chi connectivity index (χ2n) is 6.75. The van der Waals surface area contributed by atoms with Gasteiger partial charge in [-0.2, -0.15) is 0 Å². The number of benzene rings is 1. The SMILES string of the molecule is CN(CCO)c1ccc(C(=O)NCC2CC(=O)N(C3CC3)C2)cc1. The lowest BCUT2D eigenvalue weighted by atomic mass is 10.1. The normalized spacial score (nSPS) is 20.3. The van der Waals surface area contributed by atoms with E-state index in [1.807, 2.05) is 29.0 Å². The van der Waals surface area contributed by atoms with E-state index in [1.165, 1.54) is 0 Å². The van der Waals surface area contributed by atoms with Crippen LogP contribution < -0.4 is 10.2 Å². The summed E-state index contributed by atoms with van der Waals surface area (Å²) in [6.07, 6.45) is 2.80. The van der Waals surface area contributed by atoms with Crippen molar-refractivity contribution in [2.45, 2.75) is 25.3 Å². The summed E-state index contributed by atoms with van der Waals surface area (Å²) in [5.41, 5.74) is 1.57. The number of likely N-dealkylation sites (N-methyl/N-ethyl adjacent to an activating group) is 1. The Labute approximate surface area is 142 Å². The average molecular weight is 331 g/mol. The zero-order chi connectivity index (χ0) is 17.1. The number of aliphatic hydroxyl groups excluding tert-OH is 1. The quantitative estimate of drug-likeness (QED) is 0.777. The molecule has 1 aliphatic heterocycles. The molecule has 1 aliphatic carbocycles. The van der Waals surface area contributed by atoms with Gasteiger partial charge in [0.1, 0.15) is 0 Å². The molecule has 6 nitrogen and oxygen atoms in total. The van der Waals surface area contributed by atoms with Gasteiger partial charge < -0.3 is 20.2 Å². The summed E-state index contributed by atoms with van der Waals surface area (Å²) in [7, 11) is 1.90. The van der Waals surface area contributed by atoms with Crippen LogP contribution in [0, 0.1) is 5.92 Å². The van der Waals surface area contributed by atoms with Gasteiger partial charge in [0.2, 0.25) is 5.91 Å². The van der Waals surface area contributed by atoms with Gasteiger partial charge in [-0.05, 0) is 37.1 Å². The minimum absolute atomic E-state index is 0.0940. The summed E-state index contributed by atoms with van der Waals surface area (Å²) in [5, 5.41) is 11.9. The van der Waals surface area contributed by atoms with Crippen LogP contribution in [0.4, 0.5) is 5.69 Å². The van der Waals surface area contributed by atoms with Crippen LogP contribution in [0.3, 0.4) is 0 Å². The smallest absolute Gasteiger partial charge is 0.251 e. The van der Waals surface area contributed by atoms with Crippen molar-refractivity contribution in [1.82, 2.24) is 10.2 Å². The summed E-state index contributed by atoms with van der Waals surface area (Å²) < 4.78 is 0. The standard InChI is InChI=1S/C18H25N3O3/c1-20(8-9-22)15-4-2-14(3-5-15)18(24)19-11-13-10-17(23)21(12-13)16-6-7-16/h2-5,13,16,22H,6-12H2,1H3,(H,19,24). The van der Waals surface area contributed by atoms with Crippen LogP contribution in [0.5, 0.6) is 0 Å². The molecule has 1 atom stereocenters. The third-order valence-electron chi connectivity index (χ3n) is 4.78. The van der Waals surface area contributed by atoms with Gasteiger partial charge in [0.05, 0.1) is 6.61 Å². The summed E-state index contributed by atoms with van der Waals surface area (Å²) >= 11 is 0. The highest BCUT2D eigenvalue weighted by Gasteiger charge is 2.39. The van der Waals surface area contributed by atoms with E-state index in [0.29, 0.717) is 31.1 Å². The molecule has 2 fully saturated rings. The largest absolute Gasteiger partial charge is 0.395 e. The van der Waals surface area contributed by atoms with Gasteiger partial charge >= 0.3 is 0 Å². The molecule has 1 unspecified atom stereocenters. The van der Waals surface area contributed by atoms with Crippen LogP contribution in [-0.2, 0) is 4.79 Å².